The van der Waals surface area contributed by atoms with E-state index in [1.165, 1.54) is 21.3 Å². The zero-order valence-electron chi connectivity index (χ0n) is 18.1. The Morgan fingerprint density at radius 1 is 1.03 bits per heavy atom. The van der Waals surface area contributed by atoms with Crippen molar-refractivity contribution < 1.29 is 28.5 Å². The van der Waals surface area contributed by atoms with Gasteiger partial charge in [0.2, 0.25) is 11.7 Å². The van der Waals surface area contributed by atoms with E-state index in [2.05, 4.69) is 10.6 Å². The second-order valence-corrected chi connectivity index (χ2v) is 8.19. The van der Waals surface area contributed by atoms with Gasteiger partial charge in [0.05, 0.1) is 21.3 Å². The van der Waals surface area contributed by atoms with Crippen LogP contribution < -0.4 is 24.8 Å². The number of hydrogen-bond donors (Lipinski definition) is 2. The van der Waals surface area contributed by atoms with Crippen molar-refractivity contribution >= 4 is 17.7 Å². The molecule has 0 aliphatic heterocycles. The lowest BCUT2D eigenvalue weighted by Crippen LogP contribution is -2.38. The van der Waals surface area contributed by atoms with Crippen LogP contribution in [0.5, 0.6) is 17.2 Å². The van der Waals surface area contributed by atoms with Crippen molar-refractivity contribution in [2.75, 3.05) is 26.6 Å². The Labute approximate surface area is 172 Å². The number of rotatable bonds is 7. The van der Waals surface area contributed by atoms with Crippen molar-refractivity contribution in [3.05, 3.63) is 12.1 Å². The number of anilines is 1. The summed E-state index contributed by atoms with van der Waals surface area (Å²) in [6.45, 7) is 5.49. The van der Waals surface area contributed by atoms with E-state index in [9.17, 15) is 9.59 Å². The normalized spacial score (nSPS) is 18.7. The monoisotopic (exact) mass is 408 g/mol. The summed E-state index contributed by atoms with van der Waals surface area (Å²) >= 11 is 0. The van der Waals surface area contributed by atoms with Crippen molar-refractivity contribution in [3.63, 3.8) is 0 Å². The van der Waals surface area contributed by atoms with Crippen molar-refractivity contribution in [1.29, 1.82) is 0 Å². The largest absolute Gasteiger partial charge is 0.493 e. The van der Waals surface area contributed by atoms with Crippen LogP contribution in [-0.2, 0) is 9.53 Å². The third-order valence-corrected chi connectivity index (χ3v) is 4.68. The molecule has 0 saturated heterocycles. The summed E-state index contributed by atoms with van der Waals surface area (Å²) in [5.41, 5.74) is 0.0496. The van der Waals surface area contributed by atoms with Crippen molar-refractivity contribution in [2.24, 2.45) is 5.92 Å². The number of benzene rings is 1. The number of ether oxygens (including phenoxy) is 4. The molecule has 8 heteroatoms. The maximum absolute atomic E-state index is 12.5. The van der Waals surface area contributed by atoms with Crippen LogP contribution in [0, 0.1) is 5.92 Å². The van der Waals surface area contributed by atoms with Gasteiger partial charge in [-0.05, 0) is 46.0 Å². The van der Waals surface area contributed by atoms with E-state index in [4.69, 9.17) is 18.9 Å². The Morgan fingerprint density at radius 2 is 1.66 bits per heavy atom. The van der Waals surface area contributed by atoms with E-state index in [1.54, 1.807) is 12.1 Å². The fourth-order valence-electron chi connectivity index (χ4n) is 3.49. The van der Waals surface area contributed by atoms with Gasteiger partial charge in [0.15, 0.2) is 11.5 Å². The molecule has 0 unspecified atom stereocenters. The first-order chi connectivity index (χ1) is 13.6. The van der Waals surface area contributed by atoms with E-state index in [0.29, 0.717) is 29.4 Å². The minimum Gasteiger partial charge on any atom is -0.493 e. The van der Waals surface area contributed by atoms with Crippen LogP contribution in [0.2, 0.25) is 0 Å². The predicted octanol–water partition coefficient (Wildman–Crippen LogP) is 3.73. The third-order valence-electron chi connectivity index (χ3n) is 4.68. The second kappa shape index (κ2) is 9.71. The van der Waals surface area contributed by atoms with Gasteiger partial charge in [0, 0.05) is 30.3 Å². The number of methoxy groups -OCH3 is 3. The van der Waals surface area contributed by atoms with Crippen molar-refractivity contribution in [3.8, 4) is 17.2 Å². The van der Waals surface area contributed by atoms with Gasteiger partial charge in [0.25, 0.3) is 0 Å². The molecule has 2 rings (SSSR count). The molecule has 29 heavy (non-hydrogen) atoms. The molecule has 1 saturated carbocycles. The van der Waals surface area contributed by atoms with Gasteiger partial charge in [-0.1, -0.05) is 0 Å². The van der Waals surface area contributed by atoms with E-state index in [0.717, 1.165) is 19.3 Å². The topological polar surface area (TPSA) is 95.1 Å². The Hall–Kier alpha value is -2.64. The van der Waals surface area contributed by atoms with E-state index < -0.39 is 11.7 Å². The molecule has 1 fully saturated rings. The first-order valence-electron chi connectivity index (χ1n) is 9.74. The lowest BCUT2D eigenvalue weighted by molar-refractivity contribution is -0.117. The molecule has 8 nitrogen and oxygen atoms in total. The molecule has 1 aliphatic carbocycles. The van der Waals surface area contributed by atoms with E-state index >= 15 is 0 Å². The average molecular weight is 408 g/mol. The number of alkyl carbamates (subject to hydrolysis) is 1. The molecule has 2 atom stereocenters. The first kappa shape index (κ1) is 22.6. The van der Waals surface area contributed by atoms with Crippen LogP contribution in [-0.4, -0.2) is 45.0 Å². The maximum Gasteiger partial charge on any atom is 0.407 e. The van der Waals surface area contributed by atoms with Gasteiger partial charge in [0.1, 0.15) is 5.60 Å². The minimum atomic E-state index is -0.525. The highest BCUT2D eigenvalue weighted by atomic mass is 16.6. The highest BCUT2D eigenvalue weighted by Gasteiger charge is 2.29. The molecular weight excluding hydrogens is 376 g/mol. The number of amides is 2. The van der Waals surface area contributed by atoms with Gasteiger partial charge >= 0.3 is 6.09 Å². The Balaban J connectivity index is 1.89. The van der Waals surface area contributed by atoms with Crippen molar-refractivity contribution in [1.82, 2.24) is 5.32 Å². The van der Waals surface area contributed by atoms with Crippen LogP contribution in [0.15, 0.2) is 12.1 Å². The maximum atomic E-state index is 12.5. The summed E-state index contributed by atoms with van der Waals surface area (Å²) in [5, 5.41) is 5.78. The summed E-state index contributed by atoms with van der Waals surface area (Å²) in [6.07, 6.45) is 2.43. The van der Waals surface area contributed by atoms with Gasteiger partial charge in [-0.15, -0.1) is 0 Å². The van der Waals surface area contributed by atoms with E-state index in [1.807, 2.05) is 20.8 Å². The molecule has 0 spiro atoms. The molecule has 2 N–H and O–H groups in total. The third kappa shape index (κ3) is 6.73. The van der Waals surface area contributed by atoms with Crippen molar-refractivity contribution in [2.45, 2.75) is 58.1 Å². The highest BCUT2D eigenvalue weighted by Crippen LogP contribution is 2.40. The predicted molar refractivity (Wildman–Crippen MR) is 110 cm³/mol. The zero-order chi connectivity index (χ0) is 21.6. The lowest BCUT2D eigenvalue weighted by Gasteiger charge is -2.21. The number of carbonyl (C=O) groups excluding carboxylic acids is 2. The highest BCUT2D eigenvalue weighted by molar-refractivity contribution is 5.91. The van der Waals surface area contributed by atoms with Gasteiger partial charge in [-0.2, -0.15) is 0 Å². The fourth-order valence-corrected chi connectivity index (χ4v) is 3.49. The molecule has 0 radical (unpaired) electrons. The number of nitrogens with one attached hydrogen (secondary N) is 2. The van der Waals surface area contributed by atoms with Crippen LogP contribution in [0.4, 0.5) is 10.5 Å². The summed E-state index contributed by atoms with van der Waals surface area (Å²) in [4.78, 5) is 24.4. The summed E-state index contributed by atoms with van der Waals surface area (Å²) in [7, 11) is 4.58. The Morgan fingerprint density at radius 3 is 2.17 bits per heavy atom. The second-order valence-electron chi connectivity index (χ2n) is 8.19. The quantitative estimate of drug-likeness (QED) is 0.714. The number of carbonyl (C=O) groups is 2. The van der Waals surface area contributed by atoms with Crippen LogP contribution in [0.25, 0.3) is 0 Å². The molecule has 1 aromatic rings. The molecule has 162 valence electrons. The molecule has 0 heterocycles. The molecule has 0 aromatic heterocycles. The Bertz CT molecular complexity index is 703. The fraction of sp³-hybridized carbons (Fsp3) is 0.619. The van der Waals surface area contributed by atoms with Gasteiger partial charge in [-0.3, -0.25) is 4.79 Å². The molecule has 2 amide bonds. The number of hydrogen-bond acceptors (Lipinski definition) is 6. The molecule has 0 bridgehead atoms. The lowest BCUT2D eigenvalue weighted by atomic mass is 10.0. The zero-order valence-corrected chi connectivity index (χ0v) is 18.1. The average Bonchev–Trinajstić information content (AvgIpc) is 3.05. The smallest absolute Gasteiger partial charge is 0.407 e. The summed E-state index contributed by atoms with van der Waals surface area (Å²) in [5.74, 6) is 1.54. The molecular formula is C21H32N2O6. The molecule has 1 aliphatic rings. The van der Waals surface area contributed by atoms with E-state index in [-0.39, 0.29) is 17.9 Å². The summed E-state index contributed by atoms with van der Waals surface area (Å²) in [6, 6.07) is 3.42. The van der Waals surface area contributed by atoms with Crippen LogP contribution in [0.3, 0.4) is 0 Å². The first-order valence-corrected chi connectivity index (χ1v) is 9.74. The van der Waals surface area contributed by atoms with Gasteiger partial charge < -0.3 is 29.6 Å². The summed E-state index contributed by atoms with van der Waals surface area (Å²) < 4.78 is 21.2. The SMILES string of the molecule is COc1cc(NC(=O)C[C@@H]2CC[C@H](NC(=O)OC(C)(C)C)C2)cc(OC)c1OC. The molecule has 1 aromatic carbocycles. The van der Waals surface area contributed by atoms with Crippen LogP contribution in [0.1, 0.15) is 46.5 Å². The van der Waals surface area contributed by atoms with Crippen LogP contribution >= 0.6 is 0 Å². The minimum absolute atomic E-state index is 0.0313. The Kier molecular flexibility index (Phi) is 7.59. The standard InChI is InChI=1S/C21H32N2O6/c1-21(2,3)29-20(25)23-14-8-7-13(9-14)10-18(24)22-15-11-16(26-4)19(28-6)17(12-15)27-5/h11-14H,7-10H2,1-6H3,(H,22,24)(H,23,25)/t13-,14+/m1/s1. The van der Waals surface area contributed by atoms with Gasteiger partial charge in [-0.25, -0.2) is 4.79 Å².